The van der Waals surface area contributed by atoms with E-state index in [0.717, 1.165) is 43.0 Å². The van der Waals surface area contributed by atoms with Crippen LogP contribution in [0.1, 0.15) is 69.0 Å². The lowest BCUT2D eigenvalue weighted by molar-refractivity contribution is -0.118. The number of anilines is 1. The molecule has 0 bridgehead atoms. The molecule has 1 N–H and O–H groups in total. The molecule has 1 amide bonds. The predicted octanol–water partition coefficient (Wildman–Crippen LogP) is 4.05. The Kier molecular flexibility index (Phi) is 8.13. The molecule has 1 saturated carbocycles. The maximum Gasteiger partial charge on any atom is 0.230 e. The second kappa shape index (κ2) is 11.6. The van der Waals surface area contributed by atoms with E-state index in [2.05, 4.69) is 42.0 Å². The van der Waals surface area contributed by atoms with Crippen LogP contribution in [-0.2, 0) is 4.79 Å². The van der Waals surface area contributed by atoms with Crippen LogP contribution in [-0.4, -0.2) is 71.2 Å². The molecule has 1 aromatic carbocycles. The van der Waals surface area contributed by atoms with Crippen LogP contribution in [0.25, 0.3) is 0 Å². The Morgan fingerprint density at radius 3 is 2.37 bits per heavy atom. The van der Waals surface area contributed by atoms with E-state index in [1.807, 2.05) is 12.1 Å². The summed E-state index contributed by atoms with van der Waals surface area (Å²) >= 11 is 1.52. The van der Waals surface area contributed by atoms with E-state index in [9.17, 15) is 4.79 Å². The number of nitrogens with one attached hydrogen (secondary N) is 1. The number of thioether (sulfide) groups is 1. The minimum atomic E-state index is 0.0513. The number of methoxy groups -OCH3 is 1. The molecule has 0 radical (unpaired) electrons. The van der Waals surface area contributed by atoms with Gasteiger partial charge in [-0.15, -0.1) is 10.2 Å². The van der Waals surface area contributed by atoms with E-state index >= 15 is 0 Å². The van der Waals surface area contributed by atoms with E-state index < -0.39 is 0 Å². The molecule has 35 heavy (non-hydrogen) atoms. The number of amides is 1. The molecule has 0 spiro atoms. The van der Waals surface area contributed by atoms with Gasteiger partial charge in [-0.25, -0.2) is 0 Å². The van der Waals surface area contributed by atoms with Crippen molar-refractivity contribution < 1.29 is 9.53 Å². The zero-order valence-electron chi connectivity index (χ0n) is 20.8. The van der Waals surface area contributed by atoms with E-state index in [4.69, 9.17) is 4.74 Å². The van der Waals surface area contributed by atoms with Gasteiger partial charge in [0.25, 0.3) is 0 Å². The molecule has 5 rings (SSSR count). The van der Waals surface area contributed by atoms with Crippen molar-refractivity contribution in [3.8, 4) is 5.75 Å². The summed E-state index contributed by atoms with van der Waals surface area (Å²) in [5, 5.41) is 13.1. The number of hydrogen-bond donors (Lipinski definition) is 1. The number of ether oxygens (including phenoxy) is 1. The average molecular weight is 499 g/mol. The number of aromatic nitrogens is 3. The zero-order chi connectivity index (χ0) is 24.0. The van der Waals surface area contributed by atoms with Gasteiger partial charge in [0.1, 0.15) is 5.75 Å². The van der Waals surface area contributed by atoms with Crippen LogP contribution in [0.4, 0.5) is 5.95 Å². The number of likely N-dealkylation sites (tertiary alicyclic amines) is 1. The third-order valence-electron chi connectivity index (χ3n) is 7.35. The van der Waals surface area contributed by atoms with Gasteiger partial charge in [0.2, 0.25) is 11.9 Å². The number of rotatable bonds is 10. The summed E-state index contributed by atoms with van der Waals surface area (Å²) in [6.45, 7) is 4.87. The molecule has 3 aliphatic rings. The number of hydrogen-bond acceptors (Lipinski definition) is 7. The lowest BCUT2D eigenvalue weighted by atomic mass is 10.0. The summed E-state index contributed by atoms with van der Waals surface area (Å²) in [6, 6.07) is 8.93. The van der Waals surface area contributed by atoms with Gasteiger partial charge in [-0.05, 0) is 75.7 Å². The minimum Gasteiger partial charge on any atom is -0.497 e. The Morgan fingerprint density at radius 1 is 1.03 bits per heavy atom. The topological polar surface area (TPSA) is 75.5 Å². The Hall–Kier alpha value is -2.26. The van der Waals surface area contributed by atoms with Crippen LogP contribution < -0.4 is 15.0 Å². The molecule has 1 aromatic heterocycles. The minimum absolute atomic E-state index is 0.0513. The van der Waals surface area contributed by atoms with Gasteiger partial charge < -0.3 is 15.0 Å². The quantitative estimate of drug-likeness (QED) is 0.495. The van der Waals surface area contributed by atoms with Gasteiger partial charge in [-0.2, -0.15) is 0 Å². The van der Waals surface area contributed by atoms with E-state index in [0.29, 0.717) is 18.3 Å². The molecule has 2 aliphatic heterocycles. The number of carbonyl (C=O) groups is 1. The zero-order valence-corrected chi connectivity index (χ0v) is 21.6. The van der Waals surface area contributed by atoms with Crippen LogP contribution >= 0.6 is 11.8 Å². The van der Waals surface area contributed by atoms with E-state index in [1.165, 1.54) is 68.7 Å². The van der Waals surface area contributed by atoms with Gasteiger partial charge in [-0.1, -0.05) is 30.3 Å². The summed E-state index contributed by atoms with van der Waals surface area (Å²) < 4.78 is 7.62. The first-order valence-corrected chi connectivity index (χ1v) is 14.2. The fourth-order valence-corrected chi connectivity index (χ4v) is 6.07. The van der Waals surface area contributed by atoms with Crippen molar-refractivity contribution in [1.82, 2.24) is 25.0 Å². The lowest BCUT2D eigenvalue weighted by Crippen LogP contribution is -2.41. The normalized spacial score (nSPS) is 20.0. The van der Waals surface area contributed by atoms with Crippen molar-refractivity contribution in [2.24, 2.45) is 0 Å². The van der Waals surface area contributed by atoms with Crippen molar-refractivity contribution in [3.05, 3.63) is 29.8 Å². The highest BCUT2D eigenvalue weighted by atomic mass is 32.2. The standard InChI is InChI=1S/C26H38N6O2S/c1-34-22-12-8-20(9-13-22)23(30-14-4-2-5-15-30)18-27-24(33)19-35-26-29-28-25(32(26)21-10-11-21)31-16-6-3-7-17-31/h8-9,12-13,21,23H,2-7,10-11,14-19H2,1H3,(H,27,33)/t23-/m1/s1. The SMILES string of the molecule is COc1ccc([C@@H](CNC(=O)CSc2nnc(N3CCCCC3)n2C2CC2)N2CCCCC2)cc1. The number of nitrogens with zero attached hydrogens (tertiary/aromatic N) is 5. The third kappa shape index (κ3) is 6.12. The van der Waals surface area contributed by atoms with Gasteiger partial charge in [0.15, 0.2) is 5.16 Å². The maximum atomic E-state index is 12.9. The third-order valence-corrected chi connectivity index (χ3v) is 8.30. The summed E-state index contributed by atoms with van der Waals surface area (Å²) in [4.78, 5) is 17.8. The predicted molar refractivity (Wildman–Crippen MR) is 139 cm³/mol. The second-order valence-corrected chi connectivity index (χ2v) is 10.9. The number of benzene rings is 1. The molecule has 9 heteroatoms. The Balaban J connectivity index is 1.20. The summed E-state index contributed by atoms with van der Waals surface area (Å²) in [5.74, 6) is 2.27. The second-order valence-electron chi connectivity index (χ2n) is 9.91. The van der Waals surface area contributed by atoms with Crippen LogP contribution in [0, 0.1) is 0 Å². The molecule has 1 atom stereocenters. The smallest absolute Gasteiger partial charge is 0.230 e. The summed E-state index contributed by atoms with van der Waals surface area (Å²) in [6.07, 6.45) is 9.81. The van der Waals surface area contributed by atoms with Crippen LogP contribution in [0.2, 0.25) is 0 Å². The average Bonchev–Trinajstić information content (AvgIpc) is 3.67. The molecule has 8 nitrogen and oxygen atoms in total. The highest BCUT2D eigenvalue weighted by Gasteiger charge is 2.32. The van der Waals surface area contributed by atoms with Gasteiger partial charge in [0, 0.05) is 25.7 Å². The number of piperidine rings is 2. The molecule has 2 aromatic rings. The maximum absolute atomic E-state index is 12.9. The first-order valence-electron chi connectivity index (χ1n) is 13.2. The van der Waals surface area contributed by atoms with Gasteiger partial charge in [-0.3, -0.25) is 14.3 Å². The highest BCUT2D eigenvalue weighted by Crippen LogP contribution is 2.41. The van der Waals surface area contributed by atoms with Gasteiger partial charge >= 0.3 is 0 Å². The highest BCUT2D eigenvalue weighted by molar-refractivity contribution is 7.99. The van der Waals surface area contributed by atoms with Crippen molar-refractivity contribution in [2.45, 2.75) is 68.6 Å². The lowest BCUT2D eigenvalue weighted by Gasteiger charge is -2.35. The molecule has 1 aliphatic carbocycles. The molecule has 3 fully saturated rings. The fraction of sp³-hybridized carbons (Fsp3) is 0.654. The number of carbonyl (C=O) groups excluding carboxylic acids is 1. The molecule has 0 unspecified atom stereocenters. The molecule has 2 saturated heterocycles. The summed E-state index contributed by atoms with van der Waals surface area (Å²) in [5.41, 5.74) is 1.22. The molecular weight excluding hydrogens is 460 g/mol. The first kappa shape index (κ1) is 24.4. The van der Waals surface area contributed by atoms with E-state index in [-0.39, 0.29) is 11.9 Å². The largest absolute Gasteiger partial charge is 0.497 e. The van der Waals surface area contributed by atoms with Crippen molar-refractivity contribution >= 4 is 23.6 Å². The van der Waals surface area contributed by atoms with Crippen LogP contribution in [0.15, 0.2) is 29.4 Å². The van der Waals surface area contributed by atoms with Crippen molar-refractivity contribution in [3.63, 3.8) is 0 Å². The Morgan fingerprint density at radius 2 is 1.71 bits per heavy atom. The molecule has 190 valence electrons. The monoisotopic (exact) mass is 498 g/mol. The first-order chi connectivity index (χ1) is 17.2. The fourth-order valence-electron chi connectivity index (χ4n) is 5.24. The summed E-state index contributed by atoms with van der Waals surface area (Å²) in [7, 11) is 1.69. The Labute approximate surface area is 212 Å². The van der Waals surface area contributed by atoms with Crippen LogP contribution in [0.3, 0.4) is 0 Å². The van der Waals surface area contributed by atoms with Crippen LogP contribution in [0.5, 0.6) is 5.75 Å². The van der Waals surface area contributed by atoms with E-state index in [1.54, 1.807) is 7.11 Å². The van der Waals surface area contributed by atoms with Crippen molar-refractivity contribution in [2.75, 3.05) is 50.5 Å². The van der Waals surface area contributed by atoms with Gasteiger partial charge in [0.05, 0.1) is 18.9 Å². The van der Waals surface area contributed by atoms with Crippen molar-refractivity contribution in [1.29, 1.82) is 0 Å². The molecular formula is C26H38N6O2S. The molecule has 3 heterocycles. The Bertz CT molecular complexity index is 965.